The van der Waals surface area contributed by atoms with E-state index < -0.39 is 23.5 Å². The monoisotopic (exact) mass is 312 g/mol. The smallest absolute Gasteiger partial charge is 0.335 e. The molecule has 21 heavy (non-hydrogen) atoms. The number of carboxylic acid groups (broad SMARTS) is 1. The van der Waals surface area contributed by atoms with Gasteiger partial charge in [-0.05, 0) is 24.7 Å². The standard InChI is InChI=1S/C14H14ClFN2O3/c15-10-3-8(12(19)20)4-11(5-10)18-7-9-6-17-2-1-14(9,16)13(18)21/h3-5,9,17H,1-2,6-7H2,(H,19,20)/t9-,14+/m0/s1. The fourth-order valence-electron chi connectivity index (χ4n) is 3.01. The molecule has 2 aliphatic heterocycles. The summed E-state index contributed by atoms with van der Waals surface area (Å²) in [5.74, 6) is -2.17. The highest BCUT2D eigenvalue weighted by molar-refractivity contribution is 6.31. The van der Waals surface area contributed by atoms with Crippen LogP contribution in [0.25, 0.3) is 0 Å². The average molecular weight is 313 g/mol. The van der Waals surface area contributed by atoms with Crippen molar-refractivity contribution in [3.05, 3.63) is 28.8 Å². The molecule has 3 rings (SSSR count). The molecule has 0 bridgehead atoms. The SMILES string of the molecule is O=C(O)c1cc(Cl)cc(N2C[C@@H]3CNCC[C@]3(F)C2=O)c1. The van der Waals surface area contributed by atoms with E-state index in [1.165, 1.54) is 23.1 Å². The molecule has 2 saturated heterocycles. The molecule has 0 saturated carbocycles. The number of hydrogen-bond acceptors (Lipinski definition) is 3. The summed E-state index contributed by atoms with van der Waals surface area (Å²) in [5.41, 5.74) is -1.56. The minimum atomic E-state index is -1.86. The van der Waals surface area contributed by atoms with Crippen LogP contribution in [0.4, 0.5) is 10.1 Å². The van der Waals surface area contributed by atoms with Crippen molar-refractivity contribution in [2.45, 2.75) is 12.1 Å². The maximum absolute atomic E-state index is 14.9. The molecular weight excluding hydrogens is 299 g/mol. The number of nitrogens with zero attached hydrogens (tertiary/aromatic N) is 1. The molecule has 0 unspecified atom stereocenters. The second kappa shape index (κ2) is 4.96. The van der Waals surface area contributed by atoms with Gasteiger partial charge in [-0.2, -0.15) is 0 Å². The number of amides is 1. The van der Waals surface area contributed by atoms with Crippen LogP contribution in [0.15, 0.2) is 18.2 Å². The molecule has 0 aromatic heterocycles. The largest absolute Gasteiger partial charge is 0.478 e. The van der Waals surface area contributed by atoms with E-state index in [0.717, 1.165) is 0 Å². The van der Waals surface area contributed by atoms with Crippen LogP contribution in [-0.2, 0) is 4.79 Å². The zero-order valence-electron chi connectivity index (χ0n) is 11.1. The zero-order chi connectivity index (χ0) is 15.2. The third kappa shape index (κ3) is 2.28. The molecule has 112 valence electrons. The van der Waals surface area contributed by atoms with Crippen molar-refractivity contribution < 1.29 is 19.1 Å². The van der Waals surface area contributed by atoms with Gasteiger partial charge in [0, 0.05) is 36.1 Å². The van der Waals surface area contributed by atoms with E-state index in [1.807, 2.05) is 0 Å². The fourth-order valence-corrected chi connectivity index (χ4v) is 3.24. The Bertz CT molecular complexity index is 624. The molecule has 7 heteroatoms. The molecule has 0 aliphatic carbocycles. The normalized spacial score (nSPS) is 28.6. The van der Waals surface area contributed by atoms with Gasteiger partial charge in [0.2, 0.25) is 0 Å². The van der Waals surface area contributed by atoms with E-state index in [2.05, 4.69) is 5.32 Å². The fraction of sp³-hybridized carbons (Fsp3) is 0.429. The van der Waals surface area contributed by atoms with Gasteiger partial charge in [-0.1, -0.05) is 11.6 Å². The first kappa shape index (κ1) is 14.3. The molecule has 0 radical (unpaired) electrons. The first-order valence-corrected chi connectivity index (χ1v) is 7.05. The van der Waals surface area contributed by atoms with Gasteiger partial charge in [0.15, 0.2) is 5.67 Å². The second-order valence-electron chi connectivity index (χ2n) is 5.43. The summed E-state index contributed by atoms with van der Waals surface area (Å²) >= 11 is 5.90. The number of nitrogens with one attached hydrogen (secondary N) is 1. The number of anilines is 1. The molecule has 1 amide bonds. The van der Waals surface area contributed by atoms with Crippen LogP contribution in [0.1, 0.15) is 16.8 Å². The number of rotatable bonds is 2. The molecule has 1 aromatic rings. The number of carboxylic acids is 1. The third-order valence-electron chi connectivity index (χ3n) is 4.15. The Balaban J connectivity index is 1.98. The Morgan fingerprint density at radius 2 is 2.24 bits per heavy atom. The highest BCUT2D eigenvalue weighted by atomic mass is 35.5. The Morgan fingerprint density at radius 3 is 2.90 bits per heavy atom. The van der Waals surface area contributed by atoms with E-state index in [1.54, 1.807) is 0 Å². The van der Waals surface area contributed by atoms with Crippen molar-refractivity contribution in [1.29, 1.82) is 0 Å². The Kier molecular flexibility index (Phi) is 3.37. The van der Waals surface area contributed by atoms with Crippen LogP contribution in [0.2, 0.25) is 5.02 Å². The lowest BCUT2D eigenvalue weighted by Gasteiger charge is -2.29. The van der Waals surface area contributed by atoms with E-state index in [-0.39, 0.29) is 23.6 Å². The molecule has 0 spiro atoms. The van der Waals surface area contributed by atoms with Crippen LogP contribution in [0.3, 0.4) is 0 Å². The number of benzene rings is 1. The van der Waals surface area contributed by atoms with Gasteiger partial charge in [0.05, 0.1) is 5.56 Å². The second-order valence-corrected chi connectivity index (χ2v) is 5.87. The highest BCUT2D eigenvalue weighted by Crippen LogP contribution is 2.40. The summed E-state index contributed by atoms with van der Waals surface area (Å²) in [6, 6.07) is 4.13. The van der Waals surface area contributed by atoms with Gasteiger partial charge in [0.1, 0.15) is 0 Å². The zero-order valence-corrected chi connectivity index (χ0v) is 11.9. The van der Waals surface area contributed by atoms with Crippen LogP contribution < -0.4 is 10.2 Å². The molecule has 5 nitrogen and oxygen atoms in total. The maximum atomic E-state index is 14.9. The topological polar surface area (TPSA) is 69.6 Å². The van der Waals surface area contributed by atoms with Gasteiger partial charge in [-0.15, -0.1) is 0 Å². The molecule has 2 aliphatic rings. The minimum absolute atomic E-state index is 0.0220. The van der Waals surface area contributed by atoms with Gasteiger partial charge in [0.25, 0.3) is 5.91 Å². The Morgan fingerprint density at radius 1 is 1.48 bits per heavy atom. The first-order valence-electron chi connectivity index (χ1n) is 6.67. The summed E-state index contributed by atoms with van der Waals surface area (Å²) in [6.45, 7) is 1.12. The number of alkyl halides is 1. The van der Waals surface area contributed by atoms with Crippen molar-refractivity contribution >= 4 is 29.2 Å². The number of carbonyl (C=O) groups is 2. The summed E-state index contributed by atoms with van der Waals surface area (Å²) in [6.07, 6.45) is 0.138. The van der Waals surface area contributed by atoms with Crippen molar-refractivity contribution in [3.8, 4) is 0 Å². The van der Waals surface area contributed by atoms with E-state index >= 15 is 0 Å². The van der Waals surface area contributed by atoms with Crippen molar-refractivity contribution in [2.75, 3.05) is 24.5 Å². The number of piperidine rings is 1. The number of halogens is 2. The number of hydrogen-bond donors (Lipinski definition) is 2. The minimum Gasteiger partial charge on any atom is -0.478 e. The molecule has 2 heterocycles. The van der Waals surface area contributed by atoms with Gasteiger partial charge >= 0.3 is 5.97 Å². The Labute approximate surface area is 125 Å². The number of carbonyl (C=O) groups excluding carboxylic acids is 1. The predicted molar refractivity (Wildman–Crippen MR) is 75.6 cm³/mol. The molecule has 1 aromatic carbocycles. The first-order chi connectivity index (χ1) is 9.91. The lowest BCUT2D eigenvalue weighted by atomic mass is 9.86. The van der Waals surface area contributed by atoms with E-state index in [9.17, 15) is 14.0 Å². The summed E-state index contributed by atoms with van der Waals surface area (Å²) in [4.78, 5) is 24.8. The van der Waals surface area contributed by atoms with Crippen LogP contribution >= 0.6 is 11.6 Å². The van der Waals surface area contributed by atoms with E-state index in [0.29, 0.717) is 18.8 Å². The van der Waals surface area contributed by atoms with Crippen molar-refractivity contribution in [1.82, 2.24) is 5.32 Å². The van der Waals surface area contributed by atoms with Crippen LogP contribution in [0.5, 0.6) is 0 Å². The van der Waals surface area contributed by atoms with E-state index in [4.69, 9.17) is 16.7 Å². The van der Waals surface area contributed by atoms with Gasteiger partial charge in [-0.3, -0.25) is 4.79 Å². The highest BCUT2D eigenvalue weighted by Gasteiger charge is 2.56. The predicted octanol–water partition coefficient (Wildman–Crippen LogP) is 1.70. The quantitative estimate of drug-likeness (QED) is 0.872. The average Bonchev–Trinajstić information content (AvgIpc) is 2.71. The lowest BCUT2D eigenvalue weighted by Crippen LogP contribution is -2.49. The number of fused-ring (bicyclic) bond motifs is 1. The molecule has 2 N–H and O–H groups in total. The molecular formula is C14H14ClFN2O3. The van der Waals surface area contributed by atoms with Crippen LogP contribution in [-0.4, -0.2) is 42.3 Å². The lowest BCUT2D eigenvalue weighted by molar-refractivity contribution is -0.130. The van der Waals surface area contributed by atoms with Gasteiger partial charge < -0.3 is 15.3 Å². The summed E-state index contributed by atoms with van der Waals surface area (Å²) < 4.78 is 14.9. The molecule has 2 atom stereocenters. The Hall–Kier alpha value is -1.66. The van der Waals surface area contributed by atoms with Crippen molar-refractivity contribution in [2.24, 2.45) is 5.92 Å². The summed E-state index contributed by atoms with van der Waals surface area (Å²) in [5, 5.41) is 12.3. The number of aromatic carboxylic acids is 1. The maximum Gasteiger partial charge on any atom is 0.335 e. The summed E-state index contributed by atoms with van der Waals surface area (Å²) in [7, 11) is 0. The third-order valence-corrected chi connectivity index (χ3v) is 4.37. The van der Waals surface area contributed by atoms with Crippen molar-refractivity contribution in [3.63, 3.8) is 0 Å². The van der Waals surface area contributed by atoms with Crippen LogP contribution in [0, 0.1) is 5.92 Å². The molecule has 2 fully saturated rings. The van der Waals surface area contributed by atoms with Gasteiger partial charge in [-0.25, -0.2) is 9.18 Å².